The van der Waals surface area contributed by atoms with Crippen molar-refractivity contribution in [1.29, 1.82) is 0 Å². The molecule has 4 aromatic heterocycles. The molecule has 0 unspecified atom stereocenters. The smallest absolute Gasteiger partial charge is 0.345 e. The van der Waals surface area contributed by atoms with E-state index in [0.29, 0.717) is 31.5 Å². The monoisotopic (exact) mass is 755 g/mol. The number of benzene rings is 3. The topological polar surface area (TPSA) is 154 Å². The number of nitrogens with one attached hydrogen (secondary N) is 1. The molecule has 0 fully saturated rings. The van der Waals surface area contributed by atoms with Gasteiger partial charge >= 0.3 is 17.3 Å². The maximum Gasteiger partial charge on any atom is 0.345 e. The number of carboxylic acids is 1. The number of hydrogen-bond donors (Lipinski definition) is 2. The number of aromatic carboxylic acids is 1. The molecule has 0 aliphatic carbocycles. The number of aromatic nitrogens is 4. The van der Waals surface area contributed by atoms with E-state index < -0.39 is 28.5 Å². The van der Waals surface area contributed by atoms with E-state index in [-0.39, 0.29) is 29.3 Å². The summed E-state index contributed by atoms with van der Waals surface area (Å²) in [4.78, 5) is 75.5. The van der Waals surface area contributed by atoms with Crippen molar-refractivity contribution < 1.29 is 14.7 Å². The standard InChI is InChI=1S/C22H18ClN3O3S.C15H12N2O4S/c1-25-21-17(20(28)26(22(25)29)13-15-5-3-2-4-6-15)11-18(30-21)19(27)24-12-14-7-9-16(23)10-8-14;1-16-13-10(7-11(22-13)14(19)20)12(18)17(15(16)21)8-9-5-3-2-4-6-9/h2-11H,12-13H2,1H3,(H,24,27);2-7H,8H2,1H3,(H,19,20). The van der Waals surface area contributed by atoms with E-state index in [1.807, 2.05) is 72.8 Å². The lowest BCUT2D eigenvalue weighted by atomic mass is 10.2. The van der Waals surface area contributed by atoms with Crippen LogP contribution in [0.4, 0.5) is 0 Å². The van der Waals surface area contributed by atoms with Crippen LogP contribution in [0.3, 0.4) is 0 Å². The van der Waals surface area contributed by atoms with Gasteiger partial charge in [0.05, 0.1) is 28.7 Å². The Kier molecular flexibility index (Phi) is 10.5. The van der Waals surface area contributed by atoms with Crippen LogP contribution in [0.15, 0.2) is 116 Å². The zero-order valence-electron chi connectivity index (χ0n) is 27.7. The molecule has 0 saturated carbocycles. The summed E-state index contributed by atoms with van der Waals surface area (Å²) in [6.07, 6.45) is 0. The first kappa shape index (κ1) is 36.0. The maximum absolute atomic E-state index is 13.0. The first-order valence-electron chi connectivity index (χ1n) is 15.7. The Hall–Kier alpha value is -5.83. The number of fused-ring (bicyclic) bond motifs is 2. The van der Waals surface area contributed by atoms with Crippen LogP contribution < -0.4 is 27.8 Å². The lowest BCUT2D eigenvalue weighted by molar-refractivity contribution is 0.0702. The van der Waals surface area contributed by atoms with Gasteiger partial charge in [0.1, 0.15) is 14.5 Å². The molecule has 3 aromatic carbocycles. The van der Waals surface area contributed by atoms with Crippen LogP contribution in [0.1, 0.15) is 36.0 Å². The van der Waals surface area contributed by atoms with Crippen molar-refractivity contribution in [2.24, 2.45) is 14.1 Å². The maximum atomic E-state index is 13.0. The van der Waals surface area contributed by atoms with Gasteiger partial charge in [-0.2, -0.15) is 0 Å². The Morgan fingerprint density at radius 3 is 1.56 bits per heavy atom. The Morgan fingerprint density at radius 2 is 1.10 bits per heavy atom. The second-order valence-electron chi connectivity index (χ2n) is 11.7. The van der Waals surface area contributed by atoms with E-state index >= 15 is 0 Å². The lowest BCUT2D eigenvalue weighted by Crippen LogP contribution is -2.38. The molecule has 0 saturated heterocycles. The highest BCUT2D eigenvalue weighted by molar-refractivity contribution is 7.20. The SMILES string of the molecule is Cn1c(=O)n(Cc2ccccc2)c(=O)c2cc(C(=O)NCc3ccc(Cl)cc3)sc21.Cn1c(=O)n(Cc2ccccc2)c(=O)c2cc(C(=O)O)sc21. The summed E-state index contributed by atoms with van der Waals surface area (Å²) in [6.45, 7) is 0.665. The molecule has 264 valence electrons. The van der Waals surface area contributed by atoms with Gasteiger partial charge in [-0.3, -0.25) is 32.7 Å². The molecule has 0 radical (unpaired) electrons. The molecular formula is C37H30ClN5O7S2. The second-order valence-corrected chi connectivity index (χ2v) is 14.2. The summed E-state index contributed by atoms with van der Waals surface area (Å²) < 4.78 is 5.05. The summed E-state index contributed by atoms with van der Waals surface area (Å²) in [7, 11) is 3.14. The van der Waals surface area contributed by atoms with E-state index in [2.05, 4.69) is 5.32 Å². The summed E-state index contributed by atoms with van der Waals surface area (Å²) in [5, 5.41) is 13.1. The molecule has 4 heterocycles. The van der Waals surface area contributed by atoms with Gasteiger partial charge in [0, 0.05) is 25.7 Å². The third-order valence-corrected chi connectivity index (χ3v) is 10.9. The Bertz CT molecular complexity index is 2690. The molecular weight excluding hydrogens is 726 g/mol. The van der Waals surface area contributed by atoms with Gasteiger partial charge in [0.25, 0.3) is 17.0 Å². The minimum absolute atomic E-state index is 0.0413. The normalized spacial score (nSPS) is 11.0. The molecule has 2 N–H and O–H groups in total. The highest BCUT2D eigenvalue weighted by atomic mass is 35.5. The van der Waals surface area contributed by atoms with Crippen LogP contribution in [0, 0.1) is 0 Å². The summed E-state index contributed by atoms with van der Waals surface area (Å²) >= 11 is 7.93. The zero-order valence-corrected chi connectivity index (χ0v) is 30.1. The van der Waals surface area contributed by atoms with Crippen molar-refractivity contribution in [3.8, 4) is 0 Å². The molecule has 12 nitrogen and oxygen atoms in total. The van der Waals surface area contributed by atoms with Crippen LogP contribution in [-0.2, 0) is 33.7 Å². The van der Waals surface area contributed by atoms with E-state index in [0.717, 1.165) is 43.9 Å². The highest BCUT2D eigenvalue weighted by Gasteiger charge is 2.19. The summed E-state index contributed by atoms with van der Waals surface area (Å²) in [6, 6.07) is 28.5. The largest absolute Gasteiger partial charge is 0.477 e. The third kappa shape index (κ3) is 7.44. The molecule has 0 aliphatic rings. The van der Waals surface area contributed by atoms with Crippen molar-refractivity contribution in [2.45, 2.75) is 19.6 Å². The van der Waals surface area contributed by atoms with Gasteiger partial charge in [0.2, 0.25) is 0 Å². The molecule has 7 rings (SSSR count). The quantitative estimate of drug-likeness (QED) is 0.224. The number of nitrogens with zero attached hydrogens (tertiary/aromatic N) is 4. The van der Waals surface area contributed by atoms with Crippen molar-refractivity contribution in [3.05, 3.63) is 170 Å². The lowest BCUT2D eigenvalue weighted by Gasteiger charge is -2.08. The number of hydrogen-bond acceptors (Lipinski definition) is 8. The molecule has 7 aromatic rings. The van der Waals surface area contributed by atoms with E-state index in [1.165, 1.54) is 26.8 Å². The number of carbonyl (C=O) groups excluding carboxylic acids is 1. The number of carboxylic acid groups (broad SMARTS) is 1. The number of halogens is 1. The molecule has 0 atom stereocenters. The summed E-state index contributed by atoms with van der Waals surface area (Å²) in [5.41, 5.74) is 0.857. The van der Waals surface area contributed by atoms with Gasteiger partial charge < -0.3 is 10.4 Å². The fourth-order valence-electron chi connectivity index (χ4n) is 5.47. The molecule has 1 amide bonds. The predicted molar refractivity (Wildman–Crippen MR) is 203 cm³/mol. The average Bonchev–Trinajstić information content (AvgIpc) is 3.81. The van der Waals surface area contributed by atoms with Crippen LogP contribution in [0.2, 0.25) is 5.02 Å². The van der Waals surface area contributed by atoms with Crippen molar-refractivity contribution in [1.82, 2.24) is 23.6 Å². The van der Waals surface area contributed by atoms with Crippen molar-refractivity contribution in [2.75, 3.05) is 0 Å². The molecule has 52 heavy (non-hydrogen) atoms. The fraction of sp³-hybridized carbons (Fsp3) is 0.135. The van der Waals surface area contributed by atoms with Gasteiger partial charge in [-0.1, -0.05) is 84.4 Å². The number of aryl methyl sites for hydroxylation is 2. The second kappa shape index (κ2) is 15.2. The third-order valence-electron chi connectivity index (χ3n) is 8.19. The molecule has 0 bridgehead atoms. The first-order valence-corrected chi connectivity index (χ1v) is 17.7. The fourth-order valence-corrected chi connectivity index (χ4v) is 7.56. The van der Waals surface area contributed by atoms with E-state index in [4.69, 9.17) is 16.7 Å². The molecule has 0 spiro atoms. The van der Waals surface area contributed by atoms with Crippen LogP contribution in [-0.4, -0.2) is 35.3 Å². The van der Waals surface area contributed by atoms with Crippen LogP contribution in [0.5, 0.6) is 0 Å². The van der Waals surface area contributed by atoms with Gasteiger partial charge in [0.15, 0.2) is 0 Å². The molecule has 15 heteroatoms. The minimum Gasteiger partial charge on any atom is -0.477 e. The highest BCUT2D eigenvalue weighted by Crippen LogP contribution is 2.23. The predicted octanol–water partition coefficient (Wildman–Crippen LogP) is 4.90. The van der Waals surface area contributed by atoms with Gasteiger partial charge in [-0.25, -0.2) is 14.4 Å². The van der Waals surface area contributed by atoms with Gasteiger partial charge in [-0.15, -0.1) is 22.7 Å². The molecule has 0 aliphatic heterocycles. The van der Waals surface area contributed by atoms with Crippen molar-refractivity contribution in [3.63, 3.8) is 0 Å². The number of carbonyl (C=O) groups is 2. The zero-order chi connectivity index (χ0) is 37.1. The van der Waals surface area contributed by atoms with E-state index in [9.17, 15) is 28.8 Å². The number of thiophene rings is 2. The Balaban J connectivity index is 0.000000187. The van der Waals surface area contributed by atoms with E-state index in [1.54, 1.807) is 25.2 Å². The van der Waals surface area contributed by atoms with Crippen LogP contribution >= 0.6 is 34.3 Å². The van der Waals surface area contributed by atoms with Crippen molar-refractivity contribution >= 4 is 66.6 Å². The average molecular weight is 756 g/mol. The first-order chi connectivity index (χ1) is 24.9. The number of rotatable bonds is 8. The Morgan fingerprint density at radius 1 is 0.654 bits per heavy atom. The van der Waals surface area contributed by atoms with Crippen LogP contribution in [0.25, 0.3) is 20.4 Å². The van der Waals surface area contributed by atoms with Gasteiger partial charge in [-0.05, 0) is 41.0 Å². The summed E-state index contributed by atoms with van der Waals surface area (Å²) in [5.74, 6) is -1.41. The number of amides is 1. The minimum atomic E-state index is -1.11. The Labute approximate surface area is 307 Å².